The molecule has 1 fully saturated rings. The first kappa shape index (κ1) is 22.6. The van der Waals surface area contributed by atoms with Crippen LogP contribution in [0.3, 0.4) is 0 Å². The van der Waals surface area contributed by atoms with Crippen molar-refractivity contribution in [3.05, 3.63) is 105 Å². The number of benzene rings is 2. The van der Waals surface area contributed by atoms with E-state index in [2.05, 4.69) is 16.7 Å². The quantitative estimate of drug-likeness (QED) is 0.387. The summed E-state index contributed by atoms with van der Waals surface area (Å²) in [6.45, 7) is 2.01. The minimum atomic E-state index is -0.209. The molecule has 6 heteroatoms. The van der Waals surface area contributed by atoms with E-state index < -0.39 is 0 Å². The van der Waals surface area contributed by atoms with Gasteiger partial charge in [0.15, 0.2) is 11.7 Å². The van der Waals surface area contributed by atoms with Gasteiger partial charge in [0.1, 0.15) is 11.3 Å². The van der Waals surface area contributed by atoms with Crippen LogP contribution < -0.4 is 16.1 Å². The third-order valence-electron chi connectivity index (χ3n) is 6.49. The van der Waals surface area contributed by atoms with Crippen LogP contribution >= 0.6 is 0 Å². The molecule has 3 aromatic rings. The molecule has 1 unspecified atom stereocenters. The van der Waals surface area contributed by atoms with Crippen LogP contribution in [0, 0.1) is 5.41 Å². The minimum absolute atomic E-state index is 0.0976. The number of anilines is 1. The molecule has 3 N–H and O–H groups in total. The smallest absolute Gasteiger partial charge is 0.193 e. The van der Waals surface area contributed by atoms with Crippen molar-refractivity contribution in [1.29, 1.82) is 5.41 Å². The van der Waals surface area contributed by atoms with E-state index in [1.54, 1.807) is 31.5 Å². The van der Waals surface area contributed by atoms with Gasteiger partial charge in [0.05, 0.1) is 17.1 Å². The lowest BCUT2D eigenvalue weighted by Gasteiger charge is -2.20. The fourth-order valence-corrected chi connectivity index (χ4v) is 4.46. The van der Waals surface area contributed by atoms with E-state index in [9.17, 15) is 9.59 Å². The van der Waals surface area contributed by atoms with E-state index in [0.717, 1.165) is 41.5 Å². The summed E-state index contributed by atoms with van der Waals surface area (Å²) in [7, 11) is 1.78. The van der Waals surface area contributed by atoms with Gasteiger partial charge in [-0.2, -0.15) is 0 Å². The number of fused-ring (bicyclic) bond motifs is 1. The van der Waals surface area contributed by atoms with Gasteiger partial charge in [0.25, 0.3) is 0 Å². The Morgan fingerprint density at radius 3 is 2.69 bits per heavy atom. The molecular weight excluding hydrogens is 438 g/mol. The molecule has 0 spiro atoms. The highest BCUT2D eigenvalue weighted by Crippen LogP contribution is 2.42. The van der Waals surface area contributed by atoms with E-state index in [-0.39, 0.29) is 11.5 Å². The molecule has 2 aromatic carbocycles. The Morgan fingerprint density at radius 2 is 1.94 bits per heavy atom. The van der Waals surface area contributed by atoms with Crippen molar-refractivity contribution >= 4 is 34.2 Å². The third kappa shape index (κ3) is 4.47. The first-order valence-electron chi connectivity index (χ1n) is 11.8. The maximum absolute atomic E-state index is 13.3. The number of allylic oxidation sites excluding steroid dienone is 5. The first-order valence-corrected chi connectivity index (χ1v) is 11.8. The van der Waals surface area contributed by atoms with Gasteiger partial charge in [0.2, 0.25) is 0 Å². The van der Waals surface area contributed by atoms with Gasteiger partial charge in [-0.1, -0.05) is 12.1 Å². The predicted molar refractivity (Wildman–Crippen MR) is 140 cm³/mol. The van der Waals surface area contributed by atoms with Crippen molar-refractivity contribution in [3.63, 3.8) is 0 Å². The van der Waals surface area contributed by atoms with Gasteiger partial charge in [-0.3, -0.25) is 9.59 Å². The normalized spacial score (nSPS) is 17.4. The summed E-state index contributed by atoms with van der Waals surface area (Å²) in [5.74, 6) is 0.921. The molecule has 0 aliphatic heterocycles. The fourth-order valence-electron chi connectivity index (χ4n) is 4.46. The van der Waals surface area contributed by atoms with Crippen molar-refractivity contribution in [2.45, 2.75) is 31.7 Å². The highest BCUT2D eigenvalue weighted by molar-refractivity contribution is 6.12. The third-order valence-corrected chi connectivity index (χ3v) is 6.49. The standard InChI is InChI=1S/C29H27N3O3/c1-17(32-26-6-4-3-5-20(26)16-33)23-12-21(18-7-8-18)13-24-27(34)14-28(35-29(23)24)19-9-10-25(30)22(11-19)15-31-2/h3-6,9-18,30-32H,7-8H2,1-2H3/b22-15-,30-25?. The average molecular weight is 466 g/mol. The summed E-state index contributed by atoms with van der Waals surface area (Å²) < 4.78 is 6.40. The molecule has 35 heavy (non-hydrogen) atoms. The maximum atomic E-state index is 13.3. The topological polar surface area (TPSA) is 95.2 Å². The molecule has 176 valence electrons. The summed E-state index contributed by atoms with van der Waals surface area (Å²) in [4.78, 5) is 24.8. The maximum Gasteiger partial charge on any atom is 0.193 e. The predicted octanol–water partition coefficient (Wildman–Crippen LogP) is 5.73. The van der Waals surface area contributed by atoms with Crippen LogP contribution in [-0.4, -0.2) is 19.0 Å². The molecule has 1 aromatic heterocycles. The molecule has 0 bridgehead atoms. The molecule has 0 saturated heterocycles. The van der Waals surface area contributed by atoms with E-state index in [4.69, 9.17) is 9.83 Å². The van der Waals surface area contributed by atoms with Crippen molar-refractivity contribution in [3.8, 4) is 0 Å². The lowest BCUT2D eigenvalue weighted by Crippen LogP contribution is -2.12. The van der Waals surface area contributed by atoms with Gasteiger partial charge in [-0.15, -0.1) is 0 Å². The summed E-state index contributed by atoms with van der Waals surface area (Å²) >= 11 is 0. The second-order valence-corrected chi connectivity index (χ2v) is 9.04. The largest absolute Gasteiger partial charge is 0.455 e. The van der Waals surface area contributed by atoms with E-state index in [0.29, 0.717) is 39.5 Å². The lowest BCUT2D eigenvalue weighted by molar-refractivity contribution is 0.112. The van der Waals surface area contributed by atoms with Gasteiger partial charge in [0, 0.05) is 47.3 Å². The number of carbonyl (C=O) groups is 1. The second-order valence-electron chi connectivity index (χ2n) is 9.04. The van der Waals surface area contributed by atoms with Gasteiger partial charge in [-0.05, 0) is 73.7 Å². The fraction of sp³-hybridized carbons (Fsp3) is 0.207. The molecule has 2 aliphatic rings. The van der Waals surface area contributed by atoms with Crippen LogP contribution in [0.25, 0.3) is 16.5 Å². The van der Waals surface area contributed by atoms with E-state index in [1.165, 1.54) is 6.07 Å². The summed E-state index contributed by atoms with van der Waals surface area (Å²) in [6, 6.07) is 12.8. The van der Waals surface area contributed by atoms with Crippen molar-refractivity contribution in [2.75, 3.05) is 12.4 Å². The Morgan fingerprint density at radius 1 is 1.14 bits per heavy atom. The van der Waals surface area contributed by atoms with Gasteiger partial charge in [-0.25, -0.2) is 0 Å². The molecular formula is C29H27N3O3. The van der Waals surface area contributed by atoms with Crippen LogP contribution in [0.1, 0.15) is 59.0 Å². The highest BCUT2D eigenvalue weighted by atomic mass is 16.3. The van der Waals surface area contributed by atoms with Crippen LogP contribution in [0.5, 0.6) is 0 Å². The molecule has 0 radical (unpaired) electrons. The van der Waals surface area contributed by atoms with Crippen molar-refractivity contribution < 1.29 is 9.21 Å². The van der Waals surface area contributed by atoms with Crippen LogP contribution in [0.4, 0.5) is 5.69 Å². The van der Waals surface area contributed by atoms with E-state index >= 15 is 0 Å². The molecule has 2 aliphatic carbocycles. The van der Waals surface area contributed by atoms with Crippen LogP contribution in [0.15, 0.2) is 81.7 Å². The number of carbonyl (C=O) groups excluding carboxylic acids is 1. The number of para-hydroxylation sites is 1. The van der Waals surface area contributed by atoms with Crippen molar-refractivity contribution in [1.82, 2.24) is 5.32 Å². The zero-order valence-corrected chi connectivity index (χ0v) is 19.7. The Kier molecular flexibility index (Phi) is 5.95. The number of nitrogens with one attached hydrogen (secondary N) is 3. The second kappa shape index (κ2) is 9.22. The Hall–Kier alpha value is -4.19. The zero-order chi connectivity index (χ0) is 24.5. The molecule has 0 amide bonds. The minimum Gasteiger partial charge on any atom is -0.455 e. The number of hydrogen-bond donors (Lipinski definition) is 3. The number of rotatable bonds is 7. The van der Waals surface area contributed by atoms with E-state index in [1.807, 2.05) is 37.3 Å². The summed E-state index contributed by atoms with van der Waals surface area (Å²) in [5, 5.41) is 15.1. The molecule has 1 saturated carbocycles. The first-order chi connectivity index (χ1) is 17.0. The molecule has 5 rings (SSSR count). The highest BCUT2D eigenvalue weighted by Gasteiger charge is 2.27. The summed E-state index contributed by atoms with van der Waals surface area (Å²) in [6.07, 6.45) is 10.1. The average Bonchev–Trinajstić information content (AvgIpc) is 3.71. The Labute approximate surface area is 203 Å². The Balaban J connectivity index is 1.64. The lowest BCUT2D eigenvalue weighted by atomic mass is 9.96. The molecule has 1 heterocycles. The Bertz CT molecular complexity index is 1490. The number of aldehydes is 1. The molecule has 1 atom stereocenters. The SMILES string of the molecule is CN/C=C1/C=C(c2cc(=O)c3cc(C4CC4)cc(C(C)Nc4ccccc4C=O)c3o2)C=CC1=N. The molecule has 6 nitrogen and oxygen atoms in total. The summed E-state index contributed by atoms with van der Waals surface area (Å²) in [5.41, 5.74) is 5.59. The number of hydrogen-bond acceptors (Lipinski definition) is 6. The van der Waals surface area contributed by atoms with Crippen molar-refractivity contribution in [2.24, 2.45) is 0 Å². The van der Waals surface area contributed by atoms with Gasteiger partial charge >= 0.3 is 0 Å². The monoisotopic (exact) mass is 465 g/mol. The van der Waals surface area contributed by atoms with Gasteiger partial charge < -0.3 is 20.5 Å². The zero-order valence-electron chi connectivity index (χ0n) is 19.7. The van der Waals surface area contributed by atoms with Crippen LogP contribution in [0.2, 0.25) is 0 Å². The van der Waals surface area contributed by atoms with Crippen LogP contribution in [-0.2, 0) is 0 Å².